The van der Waals surface area contributed by atoms with Crippen molar-refractivity contribution in [2.45, 2.75) is 58.3 Å². The predicted octanol–water partition coefficient (Wildman–Crippen LogP) is 1.28. The molecule has 0 aliphatic carbocycles. The van der Waals surface area contributed by atoms with Crippen molar-refractivity contribution >= 4 is 22.0 Å². The fourth-order valence-corrected chi connectivity index (χ4v) is 2.28. The van der Waals surface area contributed by atoms with E-state index in [-0.39, 0.29) is 41.2 Å². The van der Waals surface area contributed by atoms with Gasteiger partial charge in [-0.1, -0.05) is 50.0 Å². The molecule has 0 heterocycles. The number of rotatable bonds is 11. The van der Waals surface area contributed by atoms with Crippen LogP contribution in [0.15, 0.2) is 33.9 Å². The van der Waals surface area contributed by atoms with Crippen molar-refractivity contribution in [2.24, 2.45) is 9.63 Å². The van der Waals surface area contributed by atoms with Crippen LogP contribution < -0.4 is 34.3 Å². The molecule has 0 bridgehead atoms. The summed E-state index contributed by atoms with van der Waals surface area (Å²) in [5, 5.41) is 3.27. The number of hydrogen-bond donors (Lipinski definition) is 0. The summed E-state index contributed by atoms with van der Waals surface area (Å²) in [5.41, 5.74) is 0.182. The normalized spacial score (nSPS) is 11.3. The van der Waals surface area contributed by atoms with E-state index < -0.39 is 10.3 Å². The first-order valence-corrected chi connectivity index (χ1v) is 9.47. The second kappa shape index (κ2) is 13.4. The van der Waals surface area contributed by atoms with Gasteiger partial charge in [-0.3, -0.25) is 4.79 Å². The molecule has 0 fully saturated rings. The zero-order chi connectivity index (χ0) is 17.8. The summed E-state index contributed by atoms with van der Waals surface area (Å²) in [4.78, 5) is 11.7. The van der Waals surface area contributed by atoms with E-state index in [0.717, 1.165) is 19.3 Å². The number of ether oxygens (including phenoxy) is 1. The summed E-state index contributed by atoms with van der Waals surface area (Å²) in [6.07, 6.45) is 8.26. The van der Waals surface area contributed by atoms with Crippen molar-refractivity contribution in [1.82, 2.24) is 0 Å². The second-order valence-electron chi connectivity index (χ2n) is 5.45. The van der Waals surface area contributed by atoms with Crippen LogP contribution in [-0.2, 0) is 15.1 Å². The maximum atomic E-state index is 11.7. The van der Waals surface area contributed by atoms with Gasteiger partial charge >= 0.3 is 35.5 Å². The molecule has 0 atom stereocenters. The Balaban J connectivity index is 0.00000576. The number of hydrogen-bond acceptors (Lipinski definition) is 6. The number of carbonyl (C=O) groups excluding carboxylic acids is 1. The van der Waals surface area contributed by atoms with Gasteiger partial charge in [0.25, 0.3) is 0 Å². The monoisotopic (exact) mass is 378 g/mol. The molecule has 134 valence electrons. The standard InChI is InChI=1S/C16H24N2O5S.Na/c1-2-3-4-5-6-7-8-9-16(19)23-15-12-10-14(11-13-15)17-18-24(20,21)22;/h10-13H,2-9H2,1H3,(H,20,21,22);/q;+1/p-1. The van der Waals surface area contributed by atoms with Gasteiger partial charge in [-0.25, -0.2) is 8.42 Å². The van der Waals surface area contributed by atoms with E-state index in [9.17, 15) is 17.8 Å². The Morgan fingerprint density at radius 1 is 1.04 bits per heavy atom. The summed E-state index contributed by atoms with van der Waals surface area (Å²) in [6, 6.07) is 5.75. The molecule has 0 amide bonds. The molecule has 0 saturated heterocycles. The van der Waals surface area contributed by atoms with Crippen LogP contribution in [0.4, 0.5) is 5.69 Å². The van der Waals surface area contributed by atoms with Crippen LogP contribution >= 0.6 is 0 Å². The molecule has 0 radical (unpaired) electrons. The number of benzene rings is 1. The van der Waals surface area contributed by atoms with Crippen molar-refractivity contribution < 1.29 is 52.1 Å². The molecular weight excluding hydrogens is 355 g/mol. The number of unbranched alkanes of at least 4 members (excludes halogenated alkanes) is 6. The quantitative estimate of drug-likeness (QED) is 0.144. The topological polar surface area (TPSA) is 108 Å². The fourth-order valence-electron chi connectivity index (χ4n) is 2.09. The molecule has 0 N–H and O–H groups in total. The smallest absolute Gasteiger partial charge is 0.728 e. The molecule has 0 unspecified atom stereocenters. The molecule has 1 aromatic rings. The van der Waals surface area contributed by atoms with Gasteiger partial charge in [0.2, 0.25) is 10.3 Å². The molecule has 0 spiro atoms. The van der Waals surface area contributed by atoms with Gasteiger partial charge in [-0.05, 0) is 30.7 Å². The van der Waals surface area contributed by atoms with E-state index in [1.54, 1.807) is 0 Å². The van der Waals surface area contributed by atoms with Gasteiger partial charge in [0.05, 0.1) is 5.69 Å². The molecular formula is C16H23N2NaO5S. The average molecular weight is 378 g/mol. The predicted molar refractivity (Wildman–Crippen MR) is 88.9 cm³/mol. The van der Waals surface area contributed by atoms with Gasteiger partial charge in [0.1, 0.15) is 5.75 Å². The summed E-state index contributed by atoms with van der Waals surface area (Å²) in [7, 11) is -4.75. The molecule has 1 rings (SSSR count). The van der Waals surface area contributed by atoms with Gasteiger partial charge in [0.15, 0.2) is 0 Å². The third kappa shape index (κ3) is 13.1. The first kappa shape index (κ1) is 24.2. The molecule has 1 aromatic carbocycles. The van der Waals surface area contributed by atoms with E-state index in [1.807, 2.05) is 0 Å². The Bertz CT molecular complexity index is 632. The number of nitrogens with zero attached hydrogens (tertiary/aromatic N) is 2. The van der Waals surface area contributed by atoms with Gasteiger partial charge < -0.3 is 9.29 Å². The Kier molecular flexibility index (Phi) is 13.0. The van der Waals surface area contributed by atoms with Gasteiger partial charge in [-0.2, -0.15) is 0 Å². The average Bonchev–Trinajstić information content (AvgIpc) is 2.52. The third-order valence-corrected chi connectivity index (χ3v) is 3.59. The largest absolute Gasteiger partial charge is 1.00 e. The molecule has 0 aliphatic rings. The SMILES string of the molecule is CCCCCCCCCC(=O)Oc1ccc(N=NS(=O)(=O)[O-])cc1.[Na+]. The minimum atomic E-state index is -4.75. The Morgan fingerprint density at radius 3 is 2.16 bits per heavy atom. The minimum absolute atomic E-state index is 0. The molecule has 0 saturated carbocycles. The van der Waals surface area contributed by atoms with Crippen molar-refractivity contribution in [3.8, 4) is 5.75 Å². The van der Waals surface area contributed by atoms with Crippen molar-refractivity contribution in [3.05, 3.63) is 24.3 Å². The van der Waals surface area contributed by atoms with Crippen LogP contribution in [0.3, 0.4) is 0 Å². The van der Waals surface area contributed by atoms with E-state index in [0.29, 0.717) is 12.2 Å². The molecule has 0 aromatic heterocycles. The van der Waals surface area contributed by atoms with Crippen LogP contribution in [0.1, 0.15) is 58.3 Å². The Labute approximate surface area is 171 Å². The van der Waals surface area contributed by atoms with E-state index >= 15 is 0 Å². The van der Waals surface area contributed by atoms with E-state index in [4.69, 9.17) is 4.74 Å². The summed E-state index contributed by atoms with van der Waals surface area (Å²) < 4.78 is 38.8. The zero-order valence-electron chi connectivity index (χ0n) is 14.8. The van der Waals surface area contributed by atoms with Crippen LogP contribution in [0.2, 0.25) is 0 Å². The first-order valence-electron chi connectivity index (χ1n) is 8.10. The summed E-state index contributed by atoms with van der Waals surface area (Å²) >= 11 is 0. The maximum Gasteiger partial charge on any atom is 1.00 e. The number of carbonyl (C=O) groups is 1. The second-order valence-corrected chi connectivity index (χ2v) is 6.47. The zero-order valence-corrected chi connectivity index (χ0v) is 17.6. The van der Waals surface area contributed by atoms with Gasteiger partial charge in [-0.15, -0.1) is 5.11 Å². The fraction of sp³-hybridized carbons (Fsp3) is 0.562. The van der Waals surface area contributed by atoms with Gasteiger partial charge in [0, 0.05) is 6.42 Å². The van der Waals surface area contributed by atoms with E-state index in [1.165, 1.54) is 49.9 Å². The van der Waals surface area contributed by atoms with E-state index in [2.05, 4.69) is 16.6 Å². The Hall–Kier alpha value is -0.800. The van der Waals surface area contributed by atoms with Crippen molar-refractivity contribution in [1.29, 1.82) is 0 Å². The summed E-state index contributed by atoms with van der Waals surface area (Å²) in [5.74, 6) is 0.0342. The minimum Gasteiger partial charge on any atom is -0.728 e. The first-order chi connectivity index (χ1) is 11.4. The molecule has 0 aliphatic heterocycles. The van der Waals surface area contributed by atoms with Crippen LogP contribution in [0.25, 0.3) is 0 Å². The van der Waals surface area contributed by atoms with Crippen molar-refractivity contribution in [2.75, 3.05) is 0 Å². The molecule has 7 nitrogen and oxygen atoms in total. The van der Waals surface area contributed by atoms with Crippen LogP contribution in [0, 0.1) is 0 Å². The van der Waals surface area contributed by atoms with Crippen molar-refractivity contribution in [3.63, 3.8) is 0 Å². The van der Waals surface area contributed by atoms with Crippen LogP contribution in [0.5, 0.6) is 5.75 Å². The molecule has 9 heteroatoms. The molecule has 25 heavy (non-hydrogen) atoms. The maximum absolute atomic E-state index is 11.7. The van der Waals surface area contributed by atoms with Crippen LogP contribution in [-0.4, -0.2) is 18.9 Å². The summed E-state index contributed by atoms with van der Waals surface area (Å²) in [6.45, 7) is 2.18. The Morgan fingerprint density at radius 2 is 1.60 bits per heavy atom. The number of esters is 1. The third-order valence-electron chi connectivity index (χ3n) is 3.31.